The zero-order valence-electron chi connectivity index (χ0n) is 13.4. The van der Waals surface area contributed by atoms with Crippen LogP contribution in [0.15, 0.2) is 30.3 Å². The molecular weight excluding hydrogens is 276 g/mol. The summed E-state index contributed by atoms with van der Waals surface area (Å²) in [5.74, 6) is 0.109. The summed E-state index contributed by atoms with van der Waals surface area (Å²) in [6.07, 6.45) is 3.40. The molecular formula is C18H26N2O2. The molecule has 1 unspecified atom stereocenters. The molecule has 2 aliphatic rings. The summed E-state index contributed by atoms with van der Waals surface area (Å²) < 4.78 is 5.36. The third kappa shape index (κ3) is 2.90. The van der Waals surface area contributed by atoms with Crippen LogP contribution >= 0.6 is 0 Å². The van der Waals surface area contributed by atoms with E-state index >= 15 is 0 Å². The van der Waals surface area contributed by atoms with Crippen molar-refractivity contribution in [1.82, 2.24) is 4.90 Å². The monoisotopic (exact) mass is 302 g/mol. The number of benzene rings is 1. The Kier molecular flexibility index (Phi) is 4.24. The van der Waals surface area contributed by atoms with Gasteiger partial charge >= 0.3 is 0 Å². The molecule has 2 fully saturated rings. The number of hydrogen-bond donors (Lipinski definition) is 1. The van der Waals surface area contributed by atoms with Crippen molar-refractivity contribution in [2.75, 3.05) is 26.3 Å². The Bertz CT molecular complexity index is 525. The second kappa shape index (κ2) is 6.01. The maximum atomic E-state index is 12.9. The lowest BCUT2D eigenvalue weighted by atomic mass is 9.75. The predicted octanol–water partition coefficient (Wildman–Crippen LogP) is 2.07. The summed E-state index contributed by atoms with van der Waals surface area (Å²) in [6.45, 7) is 5.02. The number of ether oxygens (including phenoxy) is 1. The molecule has 2 heterocycles. The molecule has 0 radical (unpaired) electrons. The summed E-state index contributed by atoms with van der Waals surface area (Å²) in [6, 6.07) is 10.5. The number of nitrogens with two attached hydrogens (primary N) is 1. The molecule has 0 saturated carbocycles. The van der Waals surface area contributed by atoms with Crippen molar-refractivity contribution < 1.29 is 9.53 Å². The van der Waals surface area contributed by atoms with Gasteiger partial charge in [0.15, 0.2) is 0 Å². The molecule has 2 aliphatic heterocycles. The van der Waals surface area contributed by atoms with Gasteiger partial charge in [-0.2, -0.15) is 0 Å². The molecule has 2 saturated heterocycles. The van der Waals surface area contributed by atoms with Crippen molar-refractivity contribution in [3.05, 3.63) is 35.9 Å². The second-order valence-corrected chi connectivity index (χ2v) is 7.03. The Balaban J connectivity index is 1.77. The highest BCUT2D eigenvalue weighted by Gasteiger charge is 2.42. The van der Waals surface area contributed by atoms with E-state index in [1.54, 1.807) is 0 Å². The van der Waals surface area contributed by atoms with Crippen LogP contribution in [-0.4, -0.2) is 42.6 Å². The van der Waals surface area contributed by atoms with Crippen molar-refractivity contribution in [3.63, 3.8) is 0 Å². The molecule has 0 aliphatic carbocycles. The molecule has 4 nitrogen and oxygen atoms in total. The first-order valence-electron chi connectivity index (χ1n) is 8.25. The molecule has 1 amide bonds. The molecule has 0 spiro atoms. The number of piperidine rings is 1. The van der Waals surface area contributed by atoms with Gasteiger partial charge in [0.1, 0.15) is 0 Å². The highest BCUT2D eigenvalue weighted by molar-refractivity contribution is 5.86. The minimum Gasteiger partial charge on any atom is -0.381 e. The molecule has 3 rings (SSSR count). The van der Waals surface area contributed by atoms with Gasteiger partial charge in [-0.1, -0.05) is 37.3 Å². The molecule has 0 bridgehead atoms. The van der Waals surface area contributed by atoms with Crippen LogP contribution < -0.4 is 5.73 Å². The topological polar surface area (TPSA) is 55.6 Å². The number of rotatable bonds is 2. The smallest absolute Gasteiger partial charge is 0.242 e. The van der Waals surface area contributed by atoms with Crippen molar-refractivity contribution in [2.24, 2.45) is 5.73 Å². The van der Waals surface area contributed by atoms with Crippen molar-refractivity contribution >= 4 is 5.91 Å². The maximum absolute atomic E-state index is 12.9. The highest BCUT2D eigenvalue weighted by Crippen LogP contribution is 2.35. The fourth-order valence-corrected chi connectivity index (χ4v) is 3.75. The molecule has 120 valence electrons. The molecule has 1 atom stereocenters. The Morgan fingerprint density at radius 1 is 1.18 bits per heavy atom. The molecule has 22 heavy (non-hydrogen) atoms. The van der Waals surface area contributed by atoms with E-state index in [0.717, 1.165) is 25.9 Å². The van der Waals surface area contributed by atoms with Crippen LogP contribution in [0, 0.1) is 0 Å². The van der Waals surface area contributed by atoms with Crippen molar-refractivity contribution in [3.8, 4) is 0 Å². The van der Waals surface area contributed by atoms with Gasteiger partial charge in [0, 0.05) is 31.7 Å². The molecule has 1 aromatic rings. The van der Waals surface area contributed by atoms with Gasteiger partial charge in [0.2, 0.25) is 5.91 Å². The van der Waals surface area contributed by atoms with Crippen LogP contribution in [0.4, 0.5) is 0 Å². The second-order valence-electron chi connectivity index (χ2n) is 7.03. The third-order valence-electron chi connectivity index (χ3n) is 5.27. The van der Waals surface area contributed by atoms with Crippen LogP contribution in [0.5, 0.6) is 0 Å². The first-order chi connectivity index (χ1) is 10.5. The van der Waals surface area contributed by atoms with Crippen LogP contribution in [0.3, 0.4) is 0 Å². The average molecular weight is 302 g/mol. The molecule has 2 N–H and O–H groups in total. The van der Waals surface area contributed by atoms with Crippen LogP contribution in [0.25, 0.3) is 0 Å². The van der Waals surface area contributed by atoms with E-state index in [-0.39, 0.29) is 11.3 Å². The van der Waals surface area contributed by atoms with E-state index in [1.807, 2.05) is 11.0 Å². The van der Waals surface area contributed by atoms with Gasteiger partial charge < -0.3 is 15.4 Å². The fourth-order valence-electron chi connectivity index (χ4n) is 3.75. The number of amides is 1. The Morgan fingerprint density at radius 2 is 1.86 bits per heavy atom. The Morgan fingerprint density at radius 3 is 2.55 bits per heavy atom. The first-order valence-corrected chi connectivity index (χ1v) is 8.25. The number of likely N-dealkylation sites (tertiary alicyclic amines) is 1. The molecule has 1 aromatic carbocycles. The third-order valence-corrected chi connectivity index (χ3v) is 5.27. The van der Waals surface area contributed by atoms with Gasteiger partial charge in [0.05, 0.1) is 5.54 Å². The maximum Gasteiger partial charge on any atom is 0.242 e. The minimum atomic E-state index is -0.729. The highest BCUT2D eigenvalue weighted by atomic mass is 16.5. The van der Waals surface area contributed by atoms with Crippen molar-refractivity contribution in [2.45, 2.75) is 43.6 Å². The zero-order chi connectivity index (χ0) is 15.6. The number of hydrogen-bond acceptors (Lipinski definition) is 3. The van der Waals surface area contributed by atoms with E-state index in [4.69, 9.17) is 10.5 Å². The largest absolute Gasteiger partial charge is 0.381 e. The van der Waals surface area contributed by atoms with Gasteiger partial charge in [-0.05, 0) is 31.2 Å². The van der Waals surface area contributed by atoms with Crippen LogP contribution in [-0.2, 0) is 14.9 Å². The van der Waals surface area contributed by atoms with E-state index in [2.05, 4.69) is 31.2 Å². The summed E-state index contributed by atoms with van der Waals surface area (Å²) in [7, 11) is 0. The normalized spacial score (nSPS) is 28.4. The summed E-state index contributed by atoms with van der Waals surface area (Å²) in [4.78, 5) is 14.9. The summed E-state index contributed by atoms with van der Waals surface area (Å²) in [5.41, 5.74) is 7.00. The lowest BCUT2D eigenvalue weighted by Crippen LogP contribution is -2.61. The number of carbonyl (C=O) groups is 1. The van der Waals surface area contributed by atoms with Crippen LogP contribution in [0.1, 0.15) is 38.2 Å². The Labute approximate surface area is 132 Å². The van der Waals surface area contributed by atoms with Gasteiger partial charge in [0.25, 0.3) is 0 Å². The molecule has 0 aromatic heterocycles. The van der Waals surface area contributed by atoms with E-state index < -0.39 is 5.54 Å². The lowest BCUT2D eigenvalue weighted by Gasteiger charge is -2.44. The predicted molar refractivity (Wildman–Crippen MR) is 86.6 cm³/mol. The standard InChI is InChI=1S/C18H26N2O2/c1-17(15-6-3-2-4-7-15)8-5-11-20(14-17)16(21)18(19)9-12-22-13-10-18/h2-4,6-7H,5,8-14,19H2,1H3. The quantitative estimate of drug-likeness (QED) is 0.910. The minimum absolute atomic E-state index is 0.0245. The van der Waals surface area contributed by atoms with Gasteiger partial charge in [-0.3, -0.25) is 4.79 Å². The zero-order valence-corrected chi connectivity index (χ0v) is 13.4. The SMILES string of the molecule is CC1(c2ccccc2)CCCN(C(=O)C2(N)CCOCC2)C1. The van der Waals surface area contributed by atoms with E-state index in [0.29, 0.717) is 26.1 Å². The fraction of sp³-hybridized carbons (Fsp3) is 0.611. The number of nitrogens with zero attached hydrogens (tertiary/aromatic N) is 1. The van der Waals surface area contributed by atoms with E-state index in [1.165, 1.54) is 5.56 Å². The molecule has 4 heteroatoms. The number of carbonyl (C=O) groups excluding carboxylic acids is 1. The average Bonchev–Trinajstić information content (AvgIpc) is 2.56. The van der Waals surface area contributed by atoms with Crippen LogP contribution in [0.2, 0.25) is 0 Å². The summed E-state index contributed by atoms with van der Waals surface area (Å²) in [5, 5.41) is 0. The Hall–Kier alpha value is -1.39. The van der Waals surface area contributed by atoms with Gasteiger partial charge in [-0.15, -0.1) is 0 Å². The lowest BCUT2D eigenvalue weighted by molar-refractivity contribution is -0.142. The van der Waals surface area contributed by atoms with Crippen molar-refractivity contribution in [1.29, 1.82) is 0 Å². The first kappa shape index (κ1) is 15.5. The van der Waals surface area contributed by atoms with Gasteiger partial charge in [-0.25, -0.2) is 0 Å². The summed E-state index contributed by atoms with van der Waals surface area (Å²) >= 11 is 0. The van der Waals surface area contributed by atoms with E-state index in [9.17, 15) is 4.79 Å².